The summed E-state index contributed by atoms with van der Waals surface area (Å²) in [5.41, 5.74) is 8.41. The first-order chi connectivity index (χ1) is 18.2. The second-order valence-electron chi connectivity index (χ2n) is 8.37. The molecule has 0 saturated carbocycles. The smallest absolute Gasteiger partial charge is 0.484 e. The van der Waals surface area contributed by atoms with Crippen molar-refractivity contribution in [3.8, 4) is 22.8 Å². The zero-order valence-electron chi connectivity index (χ0n) is 19.9. The molecule has 0 unspecified atom stereocenters. The highest BCUT2D eigenvalue weighted by molar-refractivity contribution is 5.86. The molecule has 2 aromatic carbocycles. The third-order valence-electron chi connectivity index (χ3n) is 5.83. The van der Waals surface area contributed by atoms with Gasteiger partial charge in [0.25, 0.3) is 5.91 Å². The van der Waals surface area contributed by atoms with Gasteiger partial charge in [0.1, 0.15) is 11.5 Å². The van der Waals surface area contributed by atoms with Crippen molar-refractivity contribution in [2.75, 3.05) is 43.4 Å². The SMILES string of the molecule is Nc1nc(N2CCN(C(=O)COc3ccc(OC(F)(F)F)cc3)CC2)c2nc(-c3ccccc3)cnc2n1. The number of amides is 1. The highest BCUT2D eigenvalue weighted by atomic mass is 19.4. The summed E-state index contributed by atoms with van der Waals surface area (Å²) in [6.07, 6.45) is -3.14. The Kier molecular flexibility index (Phi) is 6.81. The maximum absolute atomic E-state index is 12.7. The summed E-state index contributed by atoms with van der Waals surface area (Å²) in [6, 6.07) is 14.5. The van der Waals surface area contributed by atoms with Crippen molar-refractivity contribution in [3.63, 3.8) is 0 Å². The molecule has 196 valence electrons. The predicted octanol–water partition coefficient (Wildman–Crippen LogP) is 3.30. The van der Waals surface area contributed by atoms with E-state index in [4.69, 9.17) is 15.5 Å². The molecule has 1 amide bonds. The Bertz CT molecular complexity index is 1430. The normalized spacial score (nSPS) is 14.0. The maximum atomic E-state index is 12.7. The van der Waals surface area contributed by atoms with Crippen molar-refractivity contribution in [1.82, 2.24) is 24.8 Å². The molecule has 38 heavy (non-hydrogen) atoms. The molecule has 3 heterocycles. The number of hydrogen-bond donors (Lipinski definition) is 1. The van der Waals surface area contributed by atoms with E-state index in [2.05, 4.69) is 19.7 Å². The minimum absolute atomic E-state index is 0.0767. The summed E-state index contributed by atoms with van der Waals surface area (Å²) in [4.78, 5) is 34.1. The average molecular weight is 525 g/mol. The number of alkyl halides is 3. The van der Waals surface area contributed by atoms with Gasteiger partial charge in [-0.1, -0.05) is 30.3 Å². The molecule has 2 N–H and O–H groups in total. The van der Waals surface area contributed by atoms with Gasteiger partial charge in [0.15, 0.2) is 23.6 Å². The number of benzene rings is 2. The fourth-order valence-electron chi connectivity index (χ4n) is 4.02. The third-order valence-corrected chi connectivity index (χ3v) is 5.83. The molecule has 0 atom stereocenters. The molecule has 2 aromatic heterocycles. The molecule has 4 aromatic rings. The molecule has 10 nitrogen and oxygen atoms in total. The number of nitrogens with zero attached hydrogens (tertiary/aromatic N) is 6. The summed E-state index contributed by atoms with van der Waals surface area (Å²) in [6.45, 7) is 1.49. The topological polar surface area (TPSA) is 120 Å². The van der Waals surface area contributed by atoms with Crippen molar-refractivity contribution in [2.24, 2.45) is 0 Å². The number of hydrogen-bond acceptors (Lipinski definition) is 9. The number of nitrogens with two attached hydrogens (primary N) is 1. The van der Waals surface area contributed by atoms with Gasteiger partial charge in [0.05, 0.1) is 11.9 Å². The van der Waals surface area contributed by atoms with Crippen LogP contribution in [0.15, 0.2) is 60.8 Å². The van der Waals surface area contributed by atoms with Crippen molar-refractivity contribution < 1.29 is 27.4 Å². The Morgan fingerprint density at radius 3 is 2.29 bits per heavy atom. The predicted molar refractivity (Wildman–Crippen MR) is 132 cm³/mol. The van der Waals surface area contributed by atoms with Crippen LogP contribution in [0, 0.1) is 0 Å². The molecule has 1 fully saturated rings. The molecular formula is C25H22F3N7O3. The van der Waals surface area contributed by atoms with Gasteiger partial charge in [-0.15, -0.1) is 13.2 Å². The van der Waals surface area contributed by atoms with Crippen molar-refractivity contribution in [2.45, 2.75) is 6.36 Å². The molecule has 1 aliphatic heterocycles. The van der Waals surface area contributed by atoms with Gasteiger partial charge in [-0.3, -0.25) is 4.79 Å². The van der Waals surface area contributed by atoms with Crippen molar-refractivity contribution in [1.29, 1.82) is 0 Å². The van der Waals surface area contributed by atoms with Gasteiger partial charge < -0.3 is 25.0 Å². The maximum Gasteiger partial charge on any atom is 0.573 e. The Morgan fingerprint density at radius 2 is 1.61 bits per heavy atom. The van der Waals surface area contributed by atoms with Crippen LogP contribution in [0.5, 0.6) is 11.5 Å². The van der Waals surface area contributed by atoms with Crippen LogP contribution in [0.4, 0.5) is 24.9 Å². The van der Waals surface area contributed by atoms with E-state index in [1.54, 1.807) is 11.1 Å². The van der Waals surface area contributed by atoms with Crippen LogP contribution in [-0.4, -0.2) is 69.9 Å². The molecular weight excluding hydrogens is 503 g/mol. The van der Waals surface area contributed by atoms with E-state index in [1.165, 1.54) is 12.1 Å². The molecule has 0 spiro atoms. The molecule has 1 saturated heterocycles. The number of ether oxygens (including phenoxy) is 2. The summed E-state index contributed by atoms with van der Waals surface area (Å²) in [7, 11) is 0. The van der Waals surface area contributed by atoms with Crippen LogP contribution in [0.25, 0.3) is 22.4 Å². The summed E-state index contributed by atoms with van der Waals surface area (Å²) in [5.74, 6) is 0.251. The Morgan fingerprint density at radius 1 is 0.921 bits per heavy atom. The number of halogens is 3. The molecule has 0 bridgehead atoms. The van der Waals surface area contributed by atoms with E-state index >= 15 is 0 Å². The van der Waals surface area contributed by atoms with E-state index in [0.29, 0.717) is 48.9 Å². The minimum atomic E-state index is -4.78. The van der Waals surface area contributed by atoms with Crippen LogP contribution >= 0.6 is 0 Å². The molecule has 0 aliphatic carbocycles. The van der Waals surface area contributed by atoms with E-state index in [1.807, 2.05) is 35.2 Å². The zero-order valence-corrected chi connectivity index (χ0v) is 19.9. The monoisotopic (exact) mass is 525 g/mol. The van der Waals surface area contributed by atoms with Crippen LogP contribution in [0.2, 0.25) is 0 Å². The van der Waals surface area contributed by atoms with E-state index in [9.17, 15) is 18.0 Å². The number of carbonyl (C=O) groups excluding carboxylic acids is 1. The lowest BCUT2D eigenvalue weighted by Crippen LogP contribution is -2.50. The summed E-state index contributed by atoms with van der Waals surface area (Å²) >= 11 is 0. The van der Waals surface area contributed by atoms with Crippen molar-refractivity contribution >= 4 is 28.8 Å². The Balaban J connectivity index is 1.22. The number of anilines is 2. The molecule has 0 radical (unpaired) electrons. The van der Waals surface area contributed by atoms with Crippen molar-refractivity contribution in [3.05, 3.63) is 60.8 Å². The molecule has 1 aliphatic rings. The highest BCUT2D eigenvalue weighted by Gasteiger charge is 2.31. The van der Waals surface area contributed by atoms with Gasteiger partial charge in [0.2, 0.25) is 5.95 Å². The standard InChI is InChI=1S/C25H22F3N7O3/c26-25(27,28)38-18-8-6-17(7-9-18)37-15-20(36)34-10-12-35(13-11-34)23-21-22(32-24(29)33-23)30-14-19(31-21)16-4-2-1-3-5-16/h1-9,14H,10-13,15H2,(H2,29,30,32,33). The van der Waals surface area contributed by atoms with E-state index < -0.39 is 6.36 Å². The van der Waals surface area contributed by atoms with Gasteiger partial charge in [-0.25, -0.2) is 9.97 Å². The first-order valence-corrected chi connectivity index (χ1v) is 11.6. The lowest BCUT2D eigenvalue weighted by molar-refractivity contribution is -0.274. The first kappa shape index (κ1) is 25.0. The van der Waals surface area contributed by atoms with Gasteiger partial charge in [-0.05, 0) is 24.3 Å². The third kappa shape index (κ3) is 5.82. The van der Waals surface area contributed by atoms with Crippen LogP contribution < -0.4 is 20.1 Å². The first-order valence-electron chi connectivity index (χ1n) is 11.6. The zero-order chi connectivity index (χ0) is 26.7. The Hall–Kier alpha value is -4.68. The summed E-state index contributed by atoms with van der Waals surface area (Å²) < 4.78 is 46.2. The van der Waals surface area contributed by atoms with Gasteiger partial charge >= 0.3 is 6.36 Å². The number of rotatable bonds is 6. The van der Waals surface area contributed by atoms with E-state index in [-0.39, 0.29) is 30.0 Å². The van der Waals surface area contributed by atoms with Crippen LogP contribution in [0.3, 0.4) is 0 Å². The largest absolute Gasteiger partial charge is 0.573 e. The fraction of sp³-hybridized carbons (Fsp3) is 0.240. The number of piperazine rings is 1. The van der Waals surface area contributed by atoms with Crippen LogP contribution in [0.1, 0.15) is 0 Å². The number of carbonyl (C=O) groups is 1. The van der Waals surface area contributed by atoms with Crippen LogP contribution in [-0.2, 0) is 4.79 Å². The quantitative estimate of drug-likeness (QED) is 0.404. The van der Waals surface area contributed by atoms with Gasteiger partial charge in [-0.2, -0.15) is 9.97 Å². The Labute approximate surface area is 214 Å². The lowest BCUT2D eigenvalue weighted by Gasteiger charge is -2.35. The summed E-state index contributed by atoms with van der Waals surface area (Å²) in [5, 5.41) is 0. The number of fused-ring (bicyclic) bond motifs is 1. The van der Waals surface area contributed by atoms with E-state index in [0.717, 1.165) is 17.7 Å². The second-order valence-corrected chi connectivity index (χ2v) is 8.37. The fourth-order valence-corrected chi connectivity index (χ4v) is 4.02. The second kappa shape index (κ2) is 10.4. The molecule has 13 heteroatoms. The number of aromatic nitrogens is 4. The number of nitrogen functional groups attached to an aromatic ring is 1. The minimum Gasteiger partial charge on any atom is -0.484 e. The molecule has 5 rings (SSSR count). The average Bonchev–Trinajstić information content (AvgIpc) is 2.91. The highest BCUT2D eigenvalue weighted by Crippen LogP contribution is 2.27. The van der Waals surface area contributed by atoms with Gasteiger partial charge in [0, 0.05) is 31.7 Å². The lowest BCUT2D eigenvalue weighted by atomic mass is 10.1.